The molecule has 1 aromatic carbocycles. The van der Waals surface area contributed by atoms with Crippen LogP contribution in [0.3, 0.4) is 0 Å². The number of amides is 1. The van der Waals surface area contributed by atoms with Crippen LogP contribution in [-0.2, 0) is 14.6 Å². The number of nitrogens with zero attached hydrogens (tertiary/aromatic N) is 2. The summed E-state index contributed by atoms with van der Waals surface area (Å²) >= 11 is 4.98. The van der Waals surface area contributed by atoms with E-state index in [9.17, 15) is 13.2 Å². The van der Waals surface area contributed by atoms with E-state index in [0.29, 0.717) is 29.9 Å². The fourth-order valence-corrected chi connectivity index (χ4v) is 8.03. The molecule has 2 unspecified atom stereocenters. The van der Waals surface area contributed by atoms with Crippen LogP contribution >= 0.6 is 27.7 Å². The Kier molecular flexibility index (Phi) is 5.87. The Morgan fingerprint density at radius 3 is 2.48 bits per heavy atom. The molecule has 0 N–H and O–H groups in total. The van der Waals surface area contributed by atoms with Crippen molar-refractivity contribution in [2.45, 2.75) is 38.0 Å². The van der Waals surface area contributed by atoms with Crippen molar-refractivity contribution in [2.24, 2.45) is 10.9 Å². The van der Waals surface area contributed by atoms with Gasteiger partial charge in [0.05, 0.1) is 36.4 Å². The van der Waals surface area contributed by atoms with E-state index in [1.54, 1.807) is 0 Å². The lowest BCUT2D eigenvalue weighted by Gasteiger charge is -2.27. The fourth-order valence-electron chi connectivity index (χ4n) is 3.61. The van der Waals surface area contributed by atoms with Gasteiger partial charge in [-0.05, 0) is 42.6 Å². The van der Waals surface area contributed by atoms with Crippen molar-refractivity contribution in [1.29, 1.82) is 0 Å². The van der Waals surface area contributed by atoms with Gasteiger partial charge < -0.3 is 14.4 Å². The first kappa shape index (κ1) is 21.0. The highest BCUT2D eigenvalue weighted by Crippen LogP contribution is 2.46. The van der Waals surface area contributed by atoms with Crippen LogP contribution in [0.2, 0.25) is 0 Å². The van der Waals surface area contributed by atoms with Gasteiger partial charge in [-0.25, -0.2) is 8.42 Å². The molecule has 29 heavy (non-hydrogen) atoms. The molecule has 1 aromatic rings. The van der Waals surface area contributed by atoms with Gasteiger partial charge in [-0.1, -0.05) is 11.8 Å². The minimum absolute atomic E-state index is 0.0110. The third-order valence-corrected chi connectivity index (χ3v) is 8.92. The molecule has 158 valence electrons. The van der Waals surface area contributed by atoms with Crippen molar-refractivity contribution in [3.63, 3.8) is 0 Å². The topological polar surface area (TPSA) is 85.3 Å². The summed E-state index contributed by atoms with van der Waals surface area (Å²) in [5, 5.41) is 0.430. The van der Waals surface area contributed by atoms with E-state index in [0.717, 1.165) is 23.0 Å². The number of ether oxygens (including phenoxy) is 2. The number of rotatable bonds is 6. The summed E-state index contributed by atoms with van der Waals surface area (Å²) in [6.45, 7) is 4.76. The van der Waals surface area contributed by atoms with Gasteiger partial charge in [0.2, 0.25) is 0 Å². The molecule has 0 bridgehead atoms. The fraction of sp³-hybridized carbons (Fsp3) is 0.579. The Labute approximate surface area is 183 Å². The number of hydrogen-bond donors (Lipinski definition) is 0. The van der Waals surface area contributed by atoms with Gasteiger partial charge in [0, 0.05) is 27.8 Å². The molecule has 2 saturated heterocycles. The molecule has 1 aliphatic carbocycles. The molecule has 1 saturated carbocycles. The SMILES string of the molecule is CCOc1cc(Br)c(N2C(=NC(=O)C3CC3)SC3CS(=O)(=O)CC32)cc1OCC. The zero-order valence-corrected chi connectivity index (χ0v) is 19.5. The molecule has 4 rings (SSSR count). The van der Waals surface area contributed by atoms with Crippen molar-refractivity contribution < 1.29 is 22.7 Å². The lowest BCUT2D eigenvalue weighted by molar-refractivity contribution is -0.118. The largest absolute Gasteiger partial charge is 0.490 e. The number of carbonyl (C=O) groups excluding carboxylic acids is 1. The van der Waals surface area contributed by atoms with Gasteiger partial charge in [-0.15, -0.1) is 0 Å². The third kappa shape index (κ3) is 4.29. The van der Waals surface area contributed by atoms with Crippen LogP contribution < -0.4 is 14.4 Å². The van der Waals surface area contributed by atoms with Crippen molar-refractivity contribution >= 4 is 54.3 Å². The van der Waals surface area contributed by atoms with Crippen LogP contribution in [-0.4, -0.2) is 55.5 Å². The molecule has 2 atom stereocenters. The van der Waals surface area contributed by atoms with Gasteiger partial charge in [0.1, 0.15) is 0 Å². The van der Waals surface area contributed by atoms with E-state index in [4.69, 9.17) is 9.47 Å². The number of aliphatic imine (C=N–C) groups is 1. The lowest BCUT2D eigenvalue weighted by atomic mass is 10.2. The second kappa shape index (κ2) is 8.11. The minimum atomic E-state index is -3.13. The van der Waals surface area contributed by atoms with Crippen LogP contribution in [0.1, 0.15) is 26.7 Å². The van der Waals surface area contributed by atoms with E-state index in [1.807, 2.05) is 30.9 Å². The maximum atomic E-state index is 12.4. The molecular weight excluding hydrogens is 480 g/mol. The maximum absolute atomic E-state index is 12.4. The standard InChI is InChI=1S/C19H23BrN2O5S2/c1-3-26-15-7-12(20)13(8-16(15)27-4-2)22-14-9-29(24,25)10-17(14)28-19(22)21-18(23)11-5-6-11/h7-8,11,14,17H,3-6,9-10H2,1-2H3. The number of carbonyl (C=O) groups is 1. The molecule has 0 aromatic heterocycles. The molecule has 7 nitrogen and oxygen atoms in total. The number of halogens is 1. The summed E-state index contributed by atoms with van der Waals surface area (Å²) in [5.74, 6) is 1.23. The first-order valence-corrected chi connectivity index (χ1v) is 13.2. The van der Waals surface area contributed by atoms with Crippen molar-refractivity contribution in [1.82, 2.24) is 0 Å². The van der Waals surface area contributed by atoms with E-state index >= 15 is 0 Å². The quantitative estimate of drug-likeness (QED) is 0.589. The van der Waals surface area contributed by atoms with Gasteiger partial charge in [0.25, 0.3) is 5.91 Å². The summed E-state index contributed by atoms with van der Waals surface area (Å²) < 4.78 is 36.7. The zero-order valence-electron chi connectivity index (χ0n) is 16.3. The van der Waals surface area contributed by atoms with E-state index in [2.05, 4.69) is 20.9 Å². The summed E-state index contributed by atoms with van der Waals surface area (Å²) in [6, 6.07) is 3.40. The van der Waals surface area contributed by atoms with E-state index < -0.39 is 9.84 Å². The number of hydrogen-bond acceptors (Lipinski definition) is 6. The average molecular weight is 503 g/mol. The first-order chi connectivity index (χ1) is 13.8. The van der Waals surface area contributed by atoms with Crippen LogP contribution in [0.4, 0.5) is 5.69 Å². The van der Waals surface area contributed by atoms with Gasteiger partial charge in [0.15, 0.2) is 26.5 Å². The lowest BCUT2D eigenvalue weighted by Crippen LogP contribution is -2.38. The molecule has 3 aliphatic rings. The molecule has 1 amide bonds. The number of anilines is 1. The van der Waals surface area contributed by atoms with E-state index in [-0.39, 0.29) is 34.6 Å². The Bertz CT molecular complexity index is 962. The van der Waals surface area contributed by atoms with Crippen LogP contribution in [0.15, 0.2) is 21.6 Å². The normalized spacial score (nSPS) is 26.6. The molecule has 2 aliphatic heterocycles. The zero-order chi connectivity index (χ0) is 20.8. The smallest absolute Gasteiger partial charge is 0.251 e. The summed E-state index contributed by atoms with van der Waals surface area (Å²) in [4.78, 5) is 18.6. The molecule has 0 radical (unpaired) electrons. The van der Waals surface area contributed by atoms with Crippen LogP contribution in [0.5, 0.6) is 11.5 Å². The predicted octanol–water partition coefficient (Wildman–Crippen LogP) is 3.26. The molecule has 10 heteroatoms. The highest BCUT2D eigenvalue weighted by atomic mass is 79.9. The number of sulfone groups is 1. The number of benzene rings is 1. The number of thioether (sulfide) groups is 1. The Morgan fingerprint density at radius 2 is 1.86 bits per heavy atom. The van der Waals surface area contributed by atoms with Gasteiger partial charge in [-0.2, -0.15) is 4.99 Å². The Balaban J connectivity index is 1.77. The van der Waals surface area contributed by atoms with Crippen LogP contribution in [0, 0.1) is 5.92 Å². The van der Waals surface area contributed by atoms with Crippen molar-refractivity contribution in [2.75, 3.05) is 29.6 Å². The summed E-state index contributed by atoms with van der Waals surface area (Å²) in [6.07, 6.45) is 1.76. The highest BCUT2D eigenvalue weighted by molar-refractivity contribution is 9.10. The Hall–Kier alpha value is -1.26. The highest BCUT2D eigenvalue weighted by Gasteiger charge is 2.50. The van der Waals surface area contributed by atoms with Gasteiger partial charge >= 0.3 is 0 Å². The number of fused-ring (bicyclic) bond motifs is 1. The minimum Gasteiger partial charge on any atom is -0.490 e. The monoisotopic (exact) mass is 502 g/mol. The second-order valence-electron chi connectivity index (χ2n) is 7.29. The average Bonchev–Trinajstić information content (AvgIpc) is 3.39. The summed E-state index contributed by atoms with van der Waals surface area (Å²) in [5.41, 5.74) is 0.733. The molecule has 3 fully saturated rings. The summed E-state index contributed by atoms with van der Waals surface area (Å²) in [7, 11) is -3.13. The molecular formula is C19H23BrN2O5S2. The number of amidine groups is 1. The predicted molar refractivity (Wildman–Crippen MR) is 118 cm³/mol. The third-order valence-electron chi connectivity index (χ3n) is 5.07. The second-order valence-corrected chi connectivity index (χ2v) is 11.5. The van der Waals surface area contributed by atoms with Gasteiger partial charge in [-0.3, -0.25) is 4.79 Å². The first-order valence-electron chi connectivity index (χ1n) is 9.71. The van der Waals surface area contributed by atoms with Crippen molar-refractivity contribution in [3.8, 4) is 11.5 Å². The molecule has 0 spiro atoms. The molecule has 2 heterocycles. The Morgan fingerprint density at radius 1 is 1.21 bits per heavy atom. The van der Waals surface area contributed by atoms with E-state index in [1.165, 1.54) is 11.8 Å². The van der Waals surface area contributed by atoms with Crippen molar-refractivity contribution in [3.05, 3.63) is 16.6 Å². The maximum Gasteiger partial charge on any atom is 0.251 e. The van der Waals surface area contributed by atoms with Crippen LogP contribution in [0.25, 0.3) is 0 Å².